The summed E-state index contributed by atoms with van der Waals surface area (Å²) < 4.78 is 0. The van der Waals surface area contributed by atoms with Crippen LogP contribution in [0.25, 0.3) is 0 Å². The van der Waals surface area contributed by atoms with Gasteiger partial charge in [0.15, 0.2) is 0 Å². The molecule has 0 aliphatic rings. The summed E-state index contributed by atoms with van der Waals surface area (Å²) in [7, 11) is 2.13. The SMILES string of the molecule is C=C[C@H](c1ccccc1)N(C)Cc1ccccc1. The fourth-order valence-corrected chi connectivity index (χ4v) is 2.19. The highest BCUT2D eigenvalue weighted by molar-refractivity contribution is 5.23. The molecule has 18 heavy (non-hydrogen) atoms. The summed E-state index contributed by atoms with van der Waals surface area (Å²) >= 11 is 0. The third-order valence-electron chi connectivity index (χ3n) is 3.11. The Labute approximate surface area is 109 Å². The summed E-state index contributed by atoms with van der Waals surface area (Å²) in [6.45, 7) is 4.88. The van der Waals surface area contributed by atoms with E-state index in [0.29, 0.717) is 0 Å². The molecule has 1 heteroatoms. The molecule has 2 aromatic rings. The highest BCUT2D eigenvalue weighted by atomic mass is 15.1. The number of rotatable bonds is 5. The fraction of sp³-hybridized carbons (Fsp3) is 0.176. The molecule has 0 radical (unpaired) electrons. The predicted octanol–water partition coefficient (Wildman–Crippen LogP) is 4.05. The van der Waals surface area contributed by atoms with Gasteiger partial charge in [-0.1, -0.05) is 66.7 Å². The molecule has 0 unspecified atom stereocenters. The van der Waals surface area contributed by atoms with Crippen LogP contribution < -0.4 is 0 Å². The van der Waals surface area contributed by atoms with Crippen molar-refractivity contribution >= 4 is 0 Å². The third-order valence-corrected chi connectivity index (χ3v) is 3.11. The van der Waals surface area contributed by atoms with Gasteiger partial charge in [0.2, 0.25) is 0 Å². The van der Waals surface area contributed by atoms with Crippen LogP contribution in [0, 0.1) is 0 Å². The average molecular weight is 237 g/mol. The van der Waals surface area contributed by atoms with Crippen LogP contribution in [0.4, 0.5) is 0 Å². The lowest BCUT2D eigenvalue weighted by Crippen LogP contribution is -2.22. The van der Waals surface area contributed by atoms with E-state index < -0.39 is 0 Å². The number of hydrogen-bond acceptors (Lipinski definition) is 1. The van der Waals surface area contributed by atoms with E-state index in [0.717, 1.165) is 6.54 Å². The van der Waals surface area contributed by atoms with E-state index in [-0.39, 0.29) is 6.04 Å². The molecule has 0 saturated heterocycles. The highest BCUT2D eigenvalue weighted by Crippen LogP contribution is 2.21. The van der Waals surface area contributed by atoms with Crippen LogP contribution in [0.3, 0.4) is 0 Å². The second-order valence-corrected chi connectivity index (χ2v) is 4.49. The van der Waals surface area contributed by atoms with Gasteiger partial charge in [0.05, 0.1) is 6.04 Å². The molecule has 0 heterocycles. The van der Waals surface area contributed by atoms with Crippen molar-refractivity contribution in [3.63, 3.8) is 0 Å². The highest BCUT2D eigenvalue weighted by Gasteiger charge is 2.12. The normalized spacial score (nSPS) is 12.3. The van der Waals surface area contributed by atoms with Crippen LogP contribution in [0.5, 0.6) is 0 Å². The zero-order valence-corrected chi connectivity index (χ0v) is 10.8. The smallest absolute Gasteiger partial charge is 0.0529 e. The number of likely N-dealkylation sites (N-methyl/N-ethyl adjacent to an activating group) is 1. The number of benzene rings is 2. The van der Waals surface area contributed by atoms with Gasteiger partial charge in [0.25, 0.3) is 0 Å². The van der Waals surface area contributed by atoms with E-state index in [2.05, 4.69) is 67.1 Å². The molecule has 1 nitrogen and oxygen atoms in total. The Kier molecular flexibility index (Phi) is 4.32. The first-order chi connectivity index (χ1) is 8.81. The Balaban J connectivity index is 2.11. The van der Waals surface area contributed by atoms with E-state index in [1.807, 2.05) is 18.2 Å². The molecular weight excluding hydrogens is 218 g/mol. The van der Waals surface area contributed by atoms with Gasteiger partial charge < -0.3 is 0 Å². The van der Waals surface area contributed by atoms with Crippen LogP contribution in [-0.2, 0) is 6.54 Å². The topological polar surface area (TPSA) is 3.24 Å². The Morgan fingerprint density at radius 3 is 2.11 bits per heavy atom. The quantitative estimate of drug-likeness (QED) is 0.709. The first-order valence-electron chi connectivity index (χ1n) is 6.23. The minimum atomic E-state index is 0.256. The Morgan fingerprint density at radius 2 is 1.56 bits per heavy atom. The number of nitrogens with zero attached hydrogens (tertiary/aromatic N) is 1. The summed E-state index contributed by atoms with van der Waals surface area (Å²) in [5.74, 6) is 0. The van der Waals surface area contributed by atoms with Crippen molar-refractivity contribution in [1.29, 1.82) is 0 Å². The summed E-state index contributed by atoms with van der Waals surface area (Å²) in [4.78, 5) is 2.30. The minimum Gasteiger partial charge on any atom is -0.292 e. The molecule has 2 aromatic carbocycles. The van der Waals surface area contributed by atoms with Gasteiger partial charge in [-0.25, -0.2) is 0 Å². The second kappa shape index (κ2) is 6.18. The van der Waals surface area contributed by atoms with Gasteiger partial charge in [0, 0.05) is 6.54 Å². The lowest BCUT2D eigenvalue weighted by molar-refractivity contribution is 0.278. The molecule has 0 N–H and O–H groups in total. The fourth-order valence-electron chi connectivity index (χ4n) is 2.19. The van der Waals surface area contributed by atoms with Gasteiger partial charge in [-0.15, -0.1) is 6.58 Å². The average Bonchev–Trinajstić information content (AvgIpc) is 2.42. The molecule has 0 aromatic heterocycles. The molecule has 2 rings (SSSR count). The van der Waals surface area contributed by atoms with Crippen LogP contribution in [0.1, 0.15) is 17.2 Å². The van der Waals surface area contributed by atoms with Gasteiger partial charge in [-0.2, -0.15) is 0 Å². The van der Waals surface area contributed by atoms with Crippen molar-refractivity contribution in [3.05, 3.63) is 84.4 Å². The summed E-state index contributed by atoms with van der Waals surface area (Å²) in [5, 5.41) is 0. The van der Waals surface area contributed by atoms with Crippen LogP contribution in [-0.4, -0.2) is 11.9 Å². The van der Waals surface area contributed by atoms with Gasteiger partial charge in [-0.3, -0.25) is 4.90 Å². The summed E-state index contributed by atoms with van der Waals surface area (Å²) in [5.41, 5.74) is 2.61. The molecule has 1 atom stereocenters. The molecule has 0 aliphatic carbocycles. The Bertz CT molecular complexity index is 475. The number of hydrogen-bond donors (Lipinski definition) is 0. The maximum Gasteiger partial charge on any atom is 0.0529 e. The minimum absolute atomic E-state index is 0.256. The monoisotopic (exact) mass is 237 g/mol. The molecular formula is C17H19N. The van der Waals surface area contributed by atoms with Crippen LogP contribution >= 0.6 is 0 Å². The Morgan fingerprint density at radius 1 is 1.00 bits per heavy atom. The van der Waals surface area contributed by atoms with Gasteiger partial charge >= 0.3 is 0 Å². The van der Waals surface area contributed by atoms with E-state index in [1.165, 1.54) is 11.1 Å². The summed E-state index contributed by atoms with van der Waals surface area (Å²) in [6.07, 6.45) is 2.00. The van der Waals surface area contributed by atoms with Crippen molar-refractivity contribution in [1.82, 2.24) is 4.90 Å². The first kappa shape index (κ1) is 12.6. The molecule has 0 spiro atoms. The zero-order valence-electron chi connectivity index (χ0n) is 10.8. The summed E-state index contributed by atoms with van der Waals surface area (Å²) in [6, 6.07) is 21.2. The van der Waals surface area contributed by atoms with Gasteiger partial charge in [0.1, 0.15) is 0 Å². The van der Waals surface area contributed by atoms with Crippen molar-refractivity contribution in [2.45, 2.75) is 12.6 Å². The van der Waals surface area contributed by atoms with Crippen molar-refractivity contribution in [2.24, 2.45) is 0 Å². The van der Waals surface area contributed by atoms with Crippen molar-refractivity contribution in [2.75, 3.05) is 7.05 Å². The third kappa shape index (κ3) is 3.08. The molecule has 0 fully saturated rings. The standard InChI is InChI=1S/C17H19N/c1-3-17(16-12-8-5-9-13-16)18(2)14-15-10-6-4-7-11-15/h3-13,17H,1,14H2,2H3/t17-/m1/s1. The van der Waals surface area contributed by atoms with E-state index in [4.69, 9.17) is 0 Å². The molecule has 0 bridgehead atoms. The molecule has 0 amide bonds. The van der Waals surface area contributed by atoms with Crippen molar-refractivity contribution < 1.29 is 0 Å². The zero-order chi connectivity index (χ0) is 12.8. The molecule has 92 valence electrons. The van der Waals surface area contributed by atoms with E-state index >= 15 is 0 Å². The first-order valence-corrected chi connectivity index (χ1v) is 6.23. The molecule has 0 saturated carbocycles. The van der Waals surface area contributed by atoms with E-state index in [1.54, 1.807) is 0 Å². The lowest BCUT2D eigenvalue weighted by Gasteiger charge is -2.25. The second-order valence-electron chi connectivity index (χ2n) is 4.49. The maximum atomic E-state index is 3.96. The maximum absolute atomic E-state index is 3.96. The van der Waals surface area contributed by atoms with Crippen LogP contribution in [0.2, 0.25) is 0 Å². The van der Waals surface area contributed by atoms with Gasteiger partial charge in [-0.05, 0) is 18.2 Å². The van der Waals surface area contributed by atoms with Crippen molar-refractivity contribution in [3.8, 4) is 0 Å². The molecule has 0 aliphatic heterocycles. The predicted molar refractivity (Wildman–Crippen MR) is 77.3 cm³/mol. The largest absolute Gasteiger partial charge is 0.292 e. The Hall–Kier alpha value is -1.86. The lowest BCUT2D eigenvalue weighted by atomic mass is 10.1. The van der Waals surface area contributed by atoms with E-state index in [9.17, 15) is 0 Å². The van der Waals surface area contributed by atoms with Crippen LogP contribution in [0.15, 0.2) is 73.3 Å².